The summed E-state index contributed by atoms with van der Waals surface area (Å²) in [7, 11) is 1.62. The normalized spacial score (nSPS) is 18.7. The van der Waals surface area contributed by atoms with Gasteiger partial charge in [0.1, 0.15) is 0 Å². The van der Waals surface area contributed by atoms with Gasteiger partial charge in [0.25, 0.3) is 5.91 Å². The topological polar surface area (TPSA) is 66.8 Å². The van der Waals surface area contributed by atoms with Gasteiger partial charge in [0.15, 0.2) is 0 Å². The average molecular weight is 311 g/mol. The van der Waals surface area contributed by atoms with E-state index in [4.69, 9.17) is 9.84 Å². The molecule has 1 aliphatic heterocycles. The van der Waals surface area contributed by atoms with Gasteiger partial charge < -0.3 is 14.7 Å². The van der Waals surface area contributed by atoms with Crippen molar-refractivity contribution in [2.75, 3.05) is 20.2 Å². The molecule has 1 aliphatic rings. The average Bonchev–Trinajstić information content (AvgIpc) is 2.93. The molecule has 5 nitrogen and oxygen atoms in total. The Bertz CT molecular complexity index is 500. The second-order valence-corrected chi connectivity index (χ2v) is 6.32. The summed E-state index contributed by atoms with van der Waals surface area (Å²) in [5.41, 5.74) is 0.931. The Morgan fingerprint density at radius 2 is 2.33 bits per heavy atom. The van der Waals surface area contributed by atoms with E-state index in [-0.39, 0.29) is 12.3 Å². The molecular formula is C15H21NO4S. The lowest BCUT2D eigenvalue weighted by Crippen LogP contribution is -2.40. The van der Waals surface area contributed by atoms with Gasteiger partial charge in [-0.25, -0.2) is 0 Å². The van der Waals surface area contributed by atoms with E-state index in [2.05, 4.69) is 0 Å². The van der Waals surface area contributed by atoms with Gasteiger partial charge in [0.05, 0.1) is 11.5 Å². The van der Waals surface area contributed by atoms with Gasteiger partial charge in [-0.2, -0.15) is 0 Å². The highest BCUT2D eigenvalue weighted by Crippen LogP contribution is 2.25. The largest absolute Gasteiger partial charge is 0.481 e. The number of amides is 1. The maximum atomic E-state index is 12.6. The number of carboxylic acids is 1. The van der Waals surface area contributed by atoms with Crippen LogP contribution in [0.25, 0.3) is 0 Å². The maximum absolute atomic E-state index is 12.6. The molecule has 0 spiro atoms. The van der Waals surface area contributed by atoms with Gasteiger partial charge in [-0.05, 0) is 36.6 Å². The minimum atomic E-state index is -0.765. The number of carbonyl (C=O) groups is 2. The Morgan fingerprint density at radius 3 is 3.05 bits per heavy atom. The van der Waals surface area contributed by atoms with Crippen LogP contribution in [0.3, 0.4) is 0 Å². The third-order valence-corrected chi connectivity index (χ3v) is 4.76. The lowest BCUT2D eigenvalue weighted by Gasteiger charge is -2.32. The van der Waals surface area contributed by atoms with E-state index in [0.29, 0.717) is 25.5 Å². The van der Waals surface area contributed by atoms with Crippen molar-refractivity contribution >= 4 is 23.2 Å². The van der Waals surface area contributed by atoms with Crippen molar-refractivity contribution < 1.29 is 19.4 Å². The molecule has 0 aliphatic carbocycles. The molecule has 1 N–H and O–H groups in total. The molecule has 1 aromatic heterocycles. The first-order valence-corrected chi connectivity index (χ1v) is 8.06. The van der Waals surface area contributed by atoms with Crippen LogP contribution in [0.15, 0.2) is 11.4 Å². The molecule has 6 heteroatoms. The van der Waals surface area contributed by atoms with Gasteiger partial charge in [0.2, 0.25) is 0 Å². The molecule has 21 heavy (non-hydrogen) atoms. The number of thiophene rings is 1. The zero-order valence-electron chi connectivity index (χ0n) is 12.2. The first kappa shape index (κ1) is 16.0. The number of ether oxygens (including phenoxy) is 1. The molecule has 1 amide bonds. The molecule has 0 aromatic carbocycles. The summed E-state index contributed by atoms with van der Waals surface area (Å²) in [5.74, 6) is -0.416. The van der Waals surface area contributed by atoms with Gasteiger partial charge in [0, 0.05) is 32.2 Å². The van der Waals surface area contributed by atoms with Crippen molar-refractivity contribution in [2.24, 2.45) is 5.92 Å². The molecule has 1 fully saturated rings. The number of rotatable bonds is 6. The summed E-state index contributed by atoms with van der Waals surface area (Å²) in [4.78, 5) is 25.9. The number of piperidine rings is 1. The molecule has 0 bridgehead atoms. The molecule has 1 atom stereocenters. The number of hydrogen-bond donors (Lipinski definition) is 1. The fourth-order valence-corrected chi connectivity index (χ4v) is 3.63. The van der Waals surface area contributed by atoms with Crippen LogP contribution < -0.4 is 0 Å². The second-order valence-electron chi connectivity index (χ2n) is 5.40. The van der Waals surface area contributed by atoms with E-state index in [1.165, 1.54) is 11.3 Å². The Balaban J connectivity index is 1.98. The minimum absolute atomic E-state index is 0.0528. The highest BCUT2D eigenvalue weighted by molar-refractivity contribution is 7.12. The van der Waals surface area contributed by atoms with E-state index >= 15 is 0 Å². The van der Waals surface area contributed by atoms with E-state index in [1.807, 2.05) is 16.3 Å². The third kappa shape index (κ3) is 4.28. The highest BCUT2D eigenvalue weighted by Gasteiger charge is 2.26. The Hall–Kier alpha value is -1.40. The van der Waals surface area contributed by atoms with Crippen LogP contribution in [-0.2, 0) is 16.1 Å². The Labute approximate surface area is 128 Å². The Morgan fingerprint density at radius 1 is 1.52 bits per heavy atom. The summed E-state index contributed by atoms with van der Waals surface area (Å²) in [6, 6.07) is 1.92. The standard InChI is InChI=1S/C15H21NO4S/c1-20-10-12-6-8-21-14(12)15(19)16-7-2-3-11(9-16)4-5-13(17)18/h6,8,11H,2-5,7,9-10H2,1H3,(H,17,18). The molecule has 116 valence electrons. The lowest BCUT2D eigenvalue weighted by atomic mass is 9.93. The first-order chi connectivity index (χ1) is 10.1. The first-order valence-electron chi connectivity index (χ1n) is 7.18. The summed E-state index contributed by atoms with van der Waals surface area (Å²) in [5, 5.41) is 10.7. The quantitative estimate of drug-likeness (QED) is 0.877. The van der Waals surface area contributed by atoms with Crippen molar-refractivity contribution in [3.63, 3.8) is 0 Å². The number of nitrogens with zero attached hydrogens (tertiary/aromatic N) is 1. The SMILES string of the molecule is COCc1ccsc1C(=O)N1CCCC(CCC(=O)O)C1. The fraction of sp³-hybridized carbons (Fsp3) is 0.600. The molecule has 1 aromatic rings. The van der Waals surface area contributed by atoms with Crippen molar-refractivity contribution in [3.8, 4) is 0 Å². The van der Waals surface area contributed by atoms with E-state index in [0.717, 1.165) is 29.8 Å². The molecule has 2 rings (SSSR count). The van der Waals surface area contributed by atoms with Crippen molar-refractivity contribution in [2.45, 2.75) is 32.3 Å². The van der Waals surface area contributed by atoms with Gasteiger partial charge in [-0.3, -0.25) is 9.59 Å². The zero-order valence-corrected chi connectivity index (χ0v) is 13.0. The van der Waals surface area contributed by atoms with Crippen LogP contribution in [0.1, 0.15) is 40.9 Å². The number of likely N-dealkylation sites (tertiary alicyclic amines) is 1. The number of methoxy groups -OCH3 is 1. The summed E-state index contributed by atoms with van der Waals surface area (Å²) < 4.78 is 5.12. The molecule has 2 heterocycles. The van der Waals surface area contributed by atoms with E-state index in [9.17, 15) is 9.59 Å². The predicted octanol–water partition coefficient (Wildman–Crippen LogP) is 2.61. The summed E-state index contributed by atoms with van der Waals surface area (Å²) in [6.07, 6.45) is 2.78. The van der Waals surface area contributed by atoms with Gasteiger partial charge in [-0.1, -0.05) is 0 Å². The highest BCUT2D eigenvalue weighted by atomic mass is 32.1. The number of carboxylic acid groups (broad SMARTS) is 1. The summed E-state index contributed by atoms with van der Waals surface area (Å²) >= 11 is 1.45. The van der Waals surface area contributed by atoms with Crippen molar-refractivity contribution in [3.05, 3.63) is 21.9 Å². The van der Waals surface area contributed by atoms with Crippen LogP contribution in [-0.4, -0.2) is 42.1 Å². The molecule has 1 unspecified atom stereocenters. The van der Waals surface area contributed by atoms with Crippen molar-refractivity contribution in [1.29, 1.82) is 0 Å². The molecule has 1 saturated heterocycles. The monoisotopic (exact) mass is 311 g/mol. The van der Waals surface area contributed by atoms with Crippen LogP contribution in [0.4, 0.5) is 0 Å². The van der Waals surface area contributed by atoms with E-state index in [1.54, 1.807) is 7.11 Å². The molecular weight excluding hydrogens is 290 g/mol. The lowest BCUT2D eigenvalue weighted by molar-refractivity contribution is -0.137. The van der Waals surface area contributed by atoms with Crippen LogP contribution in [0.5, 0.6) is 0 Å². The van der Waals surface area contributed by atoms with Crippen LogP contribution >= 0.6 is 11.3 Å². The fourth-order valence-electron chi connectivity index (χ4n) is 2.75. The zero-order chi connectivity index (χ0) is 15.2. The minimum Gasteiger partial charge on any atom is -0.481 e. The van der Waals surface area contributed by atoms with Crippen LogP contribution in [0, 0.1) is 5.92 Å². The number of carbonyl (C=O) groups excluding carboxylic acids is 1. The Kier molecular flexibility index (Phi) is 5.76. The van der Waals surface area contributed by atoms with Gasteiger partial charge in [-0.15, -0.1) is 11.3 Å². The van der Waals surface area contributed by atoms with E-state index < -0.39 is 5.97 Å². The van der Waals surface area contributed by atoms with Crippen molar-refractivity contribution in [1.82, 2.24) is 4.90 Å². The predicted molar refractivity (Wildman–Crippen MR) is 80.5 cm³/mol. The third-order valence-electron chi connectivity index (χ3n) is 3.81. The smallest absolute Gasteiger partial charge is 0.303 e. The summed E-state index contributed by atoms with van der Waals surface area (Å²) in [6.45, 7) is 1.87. The maximum Gasteiger partial charge on any atom is 0.303 e. The number of aliphatic carboxylic acids is 1. The second kappa shape index (κ2) is 7.56. The van der Waals surface area contributed by atoms with Gasteiger partial charge >= 0.3 is 5.97 Å². The molecule has 0 saturated carbocycles. The molecule has 0 radical (unpaired) electrons. The number of hydrogen-bond acceptors (Lipinski definition) is 4. The van der Waals surface area contributed by atoms with Crippen LogP contribution in [0.2, 0.25) is 0 Å².